The zero-order valence-corrected chi connectivity index (χ0v) is 13.0. The molecule has 0 aromatic carbocycles. The summed E-state index contributed by atoms with van der Waals surface area (Å²) < 4.78 is 7.90. The average molecular weight is 304 g/mol. The van der Waals surface area contributed by atoms with Gasteiger partial charge < -0.3 is 10.1 Å². The molecule has 0 saturated carbocycles. The molecule has 2 aliphatic rings. The lowest BCUT2D eigenvalue weighted by Gasteiger charge is -2.40. The summed E-state index contributed by atoms with van der Waals surface area (Å²) in [6.45, 7) is 8.56. The Hall–Kier alpha value is -1.66. The standard InChI is InChI=1S/C16H24N4O2/c1-2-6-20-12-14(10-18-20)11-19-7-4-16(5-8-19)13-17-15(21)3-9-22-16/h2,10,12H,1,3-9,11,13H2,(H,17,21). The fourth-order valence-electron chi connectivity index (χ4n) is 3.18. The molecule has 3 rings (SSSR count). The van der Waals surface area contributed by atoms with Gasteiger partial charge in [-0.1, -0.05) is 6.08 Å². The van der Waals surface area contributed by atoms with Crippen LogP contribution in [0.15, 0.2) is 25.0 Å². The summed E-state index contributed by atoms with van der Waals surface area (Å²) in [7, 11) is 0. The van der Waals surface area contributed by atoms with Crippen molar-refractivity contribution in [1.82, 2.24) is 20.0 Å². The van der Waals surface area contributed by atoms with Gasteiger partial charge in [0.15, 0.2) is 0 Å². The number of aromatic nitrogens is 2. The van der Waals surface area contributed by atoms with Crippen LogP contribution in [0.1, 0.15) is 24.8 Å². The van der Waals surface area contributed by atoms with Crippen molar-refractivity contribution in [2.45, 2.75) is 38.0 Å². The predicted molar refractivity (Wildman–Crippen MR) is 83.2 cm³/mol. The number of allylic oxidation sites excluding steroid dienone is 1. The Morgan fingerprint density at radius 3 is 3.05 bits per heavy atom. The Morgan fingerprint density at radius 1 is 1.45 bits per heavy atom. The van der Waals surface area contributed by atoms with Crippen molar-refractivity contribution in [3.05, 3.63) is 30.6 Å². The summed E-state index contributed by atoms with van der Waals surface area (Å²) in [6.07, 6.45) is 8.26. The van der Waals surface area contributed by atoms with Crippen molar-refractivity contribution in [1.29, 1.82) is 0 Å². The van der Waals surface area contributed by atoms with Crippen LogP contribution in [0.2, 0.25) is 0 Å². The average Bonchev–Trinajstić information content (AvgIpc) is 2.87. The lowest BCUT2D eigenvalue weighted by molar-refractivity contribution is -0.120. The molecule has 0 atom stereocenters. The maximum atomic E-state index is 11.5. The first kappa shape index (κ1) is 15.2. The molecule has 1 amide bonds. The van der Waals surface area contributed by atoms with Crippen LogP contribution in [-0.2, 0) is 22.6 Å². The monoisotopic (exact) mass is 304 g/mol. The third-order valence-electron chi connectivity index (χ3n) is 4.52. The Bertz CT molecular complexity index is 532. The molecule has 6 nitrogen and oxygen atoms in total. The Morgan fingerprint density at radius 2 is 2.27 bits per heavy atom. The molecule has 120 valence electrons. The zero-order valence-electron chi connectivity index (χ0n) is 13.0. The molecule has 6 heteroatoms. The van der Waals surface area contributed by atoms with Gasteiger partial charge in [0.25, 0.3) is 0 Å². The van der Waals surface area contributed by atoms with Crippen LogP contribution in [0, 0.1) is 0 Å². The van der Waals surface area contributed by atoms with Crippen molar-refractivity contribution in [2.75, 3.05) is 26.2 Å². The summed E-state index contributed by atoms with van der Waals surface area (Å²) >= 11 is 0. The quantitative estimate of drug-likeness (QED) is 0.841. The molecule has 0 unspecified atom stereocenters. The number of amides is 1. The van der Waals surface area contributed by atoms with E-state index in [1.54, 1.807) is 0 Å². The van der Waals surface area contributed by atoms with Crippen LogP contribution in [0.25, 0.3) is 0 Å². The highest BCUT2D eigenvalue weighted by atomic mass is 16.5. The van der Waals surface area contributed by atoms with E-state index < -0.39 is 0 Å². The lowest BCUT2D eigenvalue weighted by Crippen LogP contribution is -2.50. The van der Waals surface area contributed by atoms with E-state index in [-0.39, 0.29) is 11.5 Å². The van der Waals surface area contributed by atoms with E-state index in [0.717, 1.165) is 39.0 Å². The van der Waals surface area contributed by atoms with Gasteiger partial charge in [0.1, 0.15) is 0 Å². The van der Waals surface area contributed by atoms with Gasteiger partial charge in [-0.25, -0.2) is 0 Å². The first-order valence-corrected chi connectivity index (χ1v) is 7.94. The highest BCUT2D eigenvalue weighted by molar-refractivity contribution is 5.76. The maximum absolute atomic E-state index is 11.5. The van der Waals surface area contributed by atoms with Crippen LogP contribution in [0.5, 0.6) is 0 Å². The van der Waals surface area contributed by atoms with E-state index in [0.29, 0.717) is 19.6 Å². The van der Waals surface area contributed by atoms with Crippen molar-refractivity contribution in [2.24, 2.45) is 0 Å². The number of rotatable bonds is 4. The highest BCUT2D eigenvalue weighted by Gasteiger charge is 2.37. The molecule has 0 aliphatic carbocycles. The Balaban J connectivity index is 1.52. The SMILES string of the molecule is C=CCn1cc(CN2CCC3(CC2)CNC(=O)CCO3)cn1. The summed E-state index contributed by atoms with van der Waals surface area (Å²) in [5.41, 5.74) is 1.07. The third-order valence-corrected chi connectivity index (χ3v) is 4.52. The second kappa shape index (κ2) is 6.62. The lowest BCUT2D eigenvalue weighted by atomic mass is 9.91. The maximum Gasteiger partial charge on any atom is 0.222 e. The summed E-state index contributed by atoms with van der Waals surface area (Å²) in [6, 6.07) is 0. The molecule has 1 aromatic heterocycles. The van der Waals surface area contributed by atoms with Crippen molar-refractivity contribution in [3.63, 3.8) is 0 Å². The van der Waals surface area contributed by atoms with Crippen LogP contribution in [-0.4, -0.2) is 52.4 Å². The predicted octanol–water partition coefficient (Wildman–Crippen LogP) is 0.940. The zero-order chi connectivity index (χ0) is 15.4. The van der Waals surface area contributed by atoms with Crippen molar-refractivity contribution < 1.29 is 9.53 Å². The molecule has 1 aromatic rings. The van der Waals surface area contributed by atoms with Gasteiger partial charge >= 0.3 is 0 Å². The smallest absolute Gasteiger partial charge is 0.222 e. The normalized spacial score (nSPS) is 22.3. The summed E-state index contributed by atoms with van der Waals surface area (Å²) in [5, 5.41) is 7.30. The highest BCUT2D eigenvalue weighted by Crippen LogP contribution is 2.28. The number of carbonyl (C=O) groups excluding carboxylic acids is 1. The topological polar surface area (TPSA) is 59.4 Å². The van der Waals surface area contributed by atoms with Gasteiger partial charge in [0.2, 0.25) is 5.91 Å². The van der Waals surface area contributed by atoms with E-state index in [1.807, 2.05) is 17.0 Å². The summed E-state index contributed by atoms with van der Waals surface area (Å²) in [4.78, 5) is 13.9. The summed E-state index contributed by atoms with van der Waals surface area (Å²) in [5.74, 6) is 0.105. The van der Waals surface area contributed by atoms with E-state index in [4.69, 9.17) is 4.74 Å². The Kier molecular flexibility index (Phi) is 4.59. The molecule has 0 bridgehead atoms. The number of hydrogen-bond donors (Lipinski definition) is 1. The van der Waals surface area contributed by atoms with E-state index in [9.17, 15) is 4.79 Å². The van der Waals surface area contributed by atoms with Gasteiger partial charge in [-0.3, -0.25) is 14.4 Å². The molecule has 2 aliphatic heterocycles. The molecular formula is C16H24N4O2. The molecule has 3 heterocycles. The number of piperidine rings is 1. The second-order valence-corrected chi connectivity index (χ2v) is 6.19. The second-order valence-electron chi connectivity index (χ2n) is 6.19. The number of ether oxygens (including phenoxy) is 1. The minimum Gasteiger partial charge on any atom is -0.373 e. The van der Waals surface area contributed by atoms with Crippen LogP contribution >= 0.6 is 0 Å². The minimum atomic E-state index is -0.157. The fourth-order valence-corrected chi connectivity index (χ4v) is 3.18. The van der Waals surface area contributed by atoms with Gasteiger partial charge in [-0.15, -0.1) is 6.58 Å². The number of hydrogen-bond acceptors (Lipinski definition) is 4. The molecule has 2 saturated heterocycles. The molecule has 1 spiro atoms. The van der Waals surface area contributed by atoms with Crippen LogP contribution < -0.4 is 5.32 Å². The molecule has 2 fully saturated rings. The first-order chi connectivity index (χ1) is 10.7. The number of nitrogens with one attached hydrogen (secondary N) is 1. The van der Waals surface area contributed by atoms with Gasteiger partial charge in [0, 0.05) is 44.4 Å². The Labute approximate surface area is 131 Å². The van der Waals surface area contributed by atoms with Crippen LogP contribution in [0.3, 0.4) is 0 Å². The molecule has 22 heavy (non-hydrogen) atoms. The van der Waals surface area contributed by atoms with E-state index in [1.165, 1.54) is 5.56 Å². The number of likely N-dealkylation sites (tertiary alicyclic amines) is 1. The van der Waals surface area contributed by atoms with E-state index >= 15 is 0 Å². The van der Waals surface area contributed by atoms with Gasteiger partial charge in [-0.2, -0.15) is 5.10 Å². The first-order valence-electron chi connectivity index (χ1n) is 7.94. The molecule has 1 N–H and O–H groups in total. The van der Waals surface area contributed by atoms with Gasteiger partial charge in [-0.05, 0) is 12.8 Å². The minimum absolute atomic E-state index is 0.105. The number of carbonyl (C=O) groups is 1. The largest absolute Gasteiger partial charge is 0.373 e. The third kappa shape index (κ3) is 3.56. The van der Waals surface area contributed by atoms with Crippen LogP contribution in [0.4, 0.5) is 0 Å². The number of nitrogens with zero attached hydrogens (tertiary/aromatic N) is 3. The fraction of sp³-hybridized carbons (Fsp3) is 0.625. The molecular weight excluding hydrogens is 280 g/mol. The van der Waals surface area contributed by atoms with Gasteiger partial charge in [0.05, 0.1) is 24.9 Å². The van der Waals surface area contributed by atoms with Crippen molar-refractivity contribution in [3.8, 4) is 0 Å². The van der Waals surface area contributed by atoms with Crippen molar-refractivity contribution >= 4 is 5.91 Å². The van der Waals surface area contributed by atoms with E-state index in [2.05, 4.69) is 28.1 Å². The molecule has 0 radical (unpaired) electrons.